The summed E-state index contributed by atoms with van der Waals surface area (Å²) in [6, 6.07) is 0. The van der Waals surface area contributed by atoms with E-state index in [1.54, 1.807) is 7.11 Å². The summed E-state index contributed by atoms with van der Waals surface area (Å²) < 4.78 is 10.5. The van der Waals surface area contributed by atoms with Gasteiger partial charge in [0, 0.05) is 7.11 Å². The number of ether oxygens (including phenoxy) is 2. The van der Waals surface area contributed by atoms with Gasteiger partial charge in [-0.25, -0.2) is 0 Å². The molecular formula is C9H20O2. The maximum absolute atomic E-state index is 5.52. The maximum Gasteiger partial charge on any atom is 0.0780 e. The van der Waals surface area contributed by atoms with Crippen molar-refractivity contribution < 1.29 is 9.47 Å². The largest absolute Gasteiger partial charge is 0.382 e. The first-order valence-electron chi connectivity index (χ1n) is 4.06. The number of hydrogen-bond acceptors (Lipinski definition) is 2. The second kappa shape index (κ2) is 4.73. The molecule has 2 heteroatoms. The summed E-state index contributed by atoms with van der Waals surface area (Å²) in [6.07, 6.45) is 0.208. The van der Waals surface area contributed by atoms with Gasteiger partial charge in [0.1, 0.15) is 0 Å². The Morgan fingerprint density at radius 2 is 1.82 bits per heavy atom. The van der Waals surface area contributed by atoms with E-state index in [1.165, 1.54) is 0 Å². The van der Waals surface area contributed by atoms with Crippen molar-refractivity contribution in [2.24, 2.45) is 5.41 Å². The van der Waals surface area contributed by atoms with Gasteiger partial charge >= 0.3 is 0 Å². The minimum absolute atomic E-state index is 0.208. The van der Waals surface area contributed by atoms with E-state index in [1.807, 2.05) is 6.92 Å². The first kappa shape index (κ1) is 10.9. The molecular weight excluding hydrogens is 140 g/mol. The minimum atomic E-state index is 0.208. The molecule has 0 saturated carbocycles. The Balaban J connectivity index is 3.38. The molecule has 0 aromatic heterocycles. The smallest absolute Gasteiger partial charge is 0.0780 e. The summed E-state index contributed by atoms with van der Waals surface area (Å²) in [6.45, 7) is 9.97. The molecule has 0 aromatic rings. The molecule has 0 aliphatic rings. The number of methoxy groups -OCH3 is 1. The van der Waals surface area contributed by atoms with Gasteiger partial charge in [0.15, 0.2) is 0 Å². The third-order valence-corrected chi connectivity index (χ3v) is 1.20. The lowest BCUT2D eigenvalue weighted by Crippen LogP contribution is -2.22. The average Bonchev–Trinajstić information content (AvgIpc) is 1.83. The Morgan fingerprint density at radius 3 is 2.18 bits per heavy atom. The highest BCUT2D eigenvalue weighted by Crippen LogP contribution is 2.13. The zero-order valence-corrected chi connectivity index (χ0v) is 8.31. The van der Waals surface area contributed by atoms with Gasteiger partial charge in [0.25, 0.3) is 0 Å². The molecule has 0 amide bonds. The molecule has 0 bridgehead atoms. The monoisotopic (exact) mass is 160 g/mol. The van der Waals surface area contributed by atoms with Crippen molar-refractivity contribution in [3.63, 3.8) is 0 Å². The van der Waals surface area contributed by atoms with Gasteiger partial charge < -0.3 is 9.47 Å². The quantitative estimate of drug-likeness (QED) is 0.627. The van der Waals surface area contributed by atoms with Gasteiger partial charge in [0.2, 0.25) is 0 Å². The summed E-state index contributed by atoms with van der Waals surface area (Å²) in [5.41, 5.74) is 0.252. The SMILES string of the molecule is COC[C@H](C)OCC(C)(C)C. The molecule has 0 aromatic carbocycles. The van der Waals surface area contributed by atoms with Crippen molar-refractivity contribution in [3.8, 4) is 0 Å². The highest BCUT2D eigenvalue weighted by Gasteiger charge is 2.12. The third-order valence-electron chi connectivity index (χ3n) is 1.20. The van der Waals surface area contributed by atoms with Crippen molar-refractivity contribution >= 4 is 0 Å². The summed E-state index contributed by atoms with van der Waals surface area (Å²) in [7, 11) is 1.69. The lowest BCUT2D eigenvalue weighted by atomic mass is 9.99. The van der Waals surface area contributed by atoms with E-state index in [-0.39, 0.29) is 11.5 Å². The fraction of sp³-hybridized carbons (Fsp3) is 1.00. The predicted octanol–water partition coefficient (Wildman–Crippen LogP) is 2.08. The van der Waals surface area contributed by atoms with Crippen LogP contribution in [-0.4, -0.2) is 26.4 Å². The maximum atomic E-state index is 5.52. The van der Waals surface area contributed by atoms with Gasteiger partial charge in [-0.2, -0.15) is 0 Å². The molecule has 0 aliphatic carbocycles. The second-order valence-corrected chi connectivity index (χ2v) is 4.14. The van der Waals surface area contributed by atoms with Crippen molar-refractivity contribution in [1.29, 1.82) is 0 Å². The zero-order chi connectivity index (χ0) is 8.91. The molecule has 0 spiro atoms. The summed E-state index contributed by atoms with van der Waals surface area (Å²) in [5.74, 6) is 0. The normalized spacial score (nSPS) is 15.0. The van der Waals surface area contributed by atoms with Crippen molar-refractivity contribution in [3.05, 3.63) is 0 Å². The van der Waals surface area contributed by atoms with Gasteiger partial charge in [-0.05, 0) is 12.3 Å². The van der Waals surface area contributed by atoms with Crippen LogP contribution in [0.1, 0.15) is 27.7 Å². The zero-order valence-electron chi connectivity index (χ0n) is 8.31. The fourth-order valence-corrected chi connectivity index (χ4v) is 0.675. The van der Waals surface area contributed by atoms with Crippen molar-refractivity contribution in [2.45, 2.75) is 33.8 Å². The molecule has 1 atom stereocenters. The molecule has 0 N–H and O–H groups in total. The Bertz CT molecular complexity index is 94.2. The predicted molar refractivity (Wildman–Crippen MR) is 46.7 cm³/mol. The van der Waals surface area contributed by atoms with Crippen LogP contribution in [0.5, 0.6) is 0 Å². The van der Waals surface area contributed by atoms with Gasteiger partial charge in [0.05, 0.1) is 19.3 Å². The first-order valence-corrected chi connectivity index (χ1v) is 4.06. The van der Waals surface area contributed by atoms with E-state index in [4.69, 9.17) is 9.47 Å². The van der Waals surface area contributed by atoms with Gasteiger partial charge in [-0.1, -0.05) is 20.8 Å². The topological polar surface area (TPSA) is 18.5 Å². The highest BCUT2D eigenvalue weighted by atomic mass is 16.5. The molecule has 0 radical (unpaired) electrons. The Labute approximate surface area is 69.9 Å². The van der Waals surface area contributed by atoms with Crippen LogP contribution in [0, 0.1) is 5.41 Å². The third kappa shape index (κ3) is 7.82. The van der Waals surface area contributed by atoms with Gasteiger partial charge in [-0.15, -0.1) is 0 Å². The summed E-state index contributed by atoms with van der Waals surface area (Å²) >= 11 is 0. The van der Waals surface area contributed by atoms with E-state index in [0.29, 0.717) is 6.61 Å². The van der Waals surface area contributed by atoms with Crippen LogP contribution in [0.4, 0.5) is 0 Å². The molecule has 11 heavy (non-hydrogen) atoms. The van der Waals surface area contributed by atoms with E-state index in [0.717, 1.165) is 6.61 Å². The van der Waals surface area contributed by atoms with E-state index < -0.39 is 0 Å². The summed E-state index contributed by atoms with van der Waals surface area (Å²) in [4.78, 5) is 0. The number of rotatable bonds is 4. The molecule has 0 heterocycles. The highest BCUT2D eigenvalue weighted by molar-refractivity contribution is 4.60. The Hall–Kier alpha value is -0.0800. The molecule has 0 unspecified atom stereocenters. The van der Waals surface area contributed by atoms with Crippen LogP contribution in [0.3, 0.4) is 0 Å². The summed E-state index contributed by atoms with van der Waals surface area (Å²) in [5, 5.41) is 0. The molecule has 0 fully saturated rings. The standard InChI is InChI=1S/C9H20O2/c1-8(6-10-5)11-7-9(2,3)4/h8H,6-7H2,1-5H3/t8-/m0/s1. The molecule has 0 saturated heterocycles. The van der Waals surface area contributed by atoms with Crippen LogP contribution in [-0.2, 0) is 9.47 Å². The van der Waals surface area contributed by atoms with E-state index >= 15 is 0 Å². The molecule has 0 rings (SSSR count). The Morgan fingerprint density at radius 1 is 1.27 bits per heavy atom. The van der Waals surface area contributed by atoms with Crippen LogP contribution >= 0.6 is 0 Å². The van der Waals surface area contributed by atoms with Gasteiger partial charge in [-0.3, -0.25) is 0 Å². The molecule has 68 valence electrons. The van der Waals surface area contributed by atoms with Crippen LogP contribution in [0.25, 0.3) is 0 Å². The van der Waals surface area contributed by atoms with Crippen LogP contribution in [0.2, 0.25) is 0 Å². The second-order valence-electron chi connectivity index (χ2n) is 4.14. The molecule has 0 aliphatic heterocycles. The van der Waals surface area contributed by atoms with Crippen molar-refractivity contribution in [1.82, 2.24) is 0 Å². The number of hydrogen-bond donors (Lipinski definition) is 0. The van der Waals surface area contributed by atoms with E-state index in [2.05, 4.69) is 20.8 Å². The lowest BCUT2D eigenvalue weighted by molar-refractivity contribution is -0.0207. The molecule has 2 nitrogen and oxygen atoms in total. The fourth-order valence-electron chi connectivity index (χ4n) is 0.675. The first-order chi connectivity index (χ1) is 4.95. The average molecular weight is 160 g/mol. The van der Waals surface area contributed by atoms with Crippen LogP contribution < -0.4 is 0 Å². The minimum Gasteiger partial charge on any atom is -0.382 e. The Kier molecular flexibility index (Phi) is 4.69. The van der Waals surface area contributed by atoms with E-state index in [9.17, 15) is 0 Å². The van der Waals surface area contributed by atoms with Crippen LogP contribution in [0.15, 0.2) is 0 Å². The van der Waals surface area contributed by atoms with Crippen molar-refractivity contribution in [2.75, 3.05) is 20.3 Å². The lowest BCUT2D eigenvalue weighted by Gasteiger charge is -2.21.